The smallest absolute Gasteiger partial charge is 0.326 e. The quantitative estimate of drug-likeness (QED) is 0.912. The molecule has 3 atom stereocenters. The Balaban J connectivity index is 1.65. The van der Waals surface area contributed by atoms with Crippen molar-refractivity contribution in [1.82, 2.24) is 4.90 Å². The molecule has 0 spiro atoms. The molecule has 1 aromatic rings. The fourth-order valence-electron chi connectivity index (χ4n) is 3.71. The Kier molecular flexibility index (Phi) is 3.51. The zero-order chi connectivity index (χ0) is 14.1. The van der Waals surface area contributed by atoms with Crippen molar-refractivity contribution in [1.29, 1.82) is 0 Å². The lowest BCUT2D eigenvalue weighted by Gasteiger charge is -2.24. The van der Waals surface area contributed by atoms with Crippen LogP contribution in [0.1, 0.15) is 31.2 Å². The van der Waals surface area contributed by atoms with E-state index in [0.717, 1.165) is 24.8 Å². The maximum absolute atomic E-state index is 12.3. The van der Waals surface area contributed by atoms with Crippen LogP contribution in [0.2, 0.25) is 0 Å². The molecular weight excluding hydrogens is 258 g/mol. The number of likely N-dealkylation sites (tertiary alicyclic amines) is 1. The van der Waals surface area contributed by atoms with Crippen molar-refractivity contribution in [2.45, 2.75) is 38.1 Å². The second-order valence-electron chi connectivity index (χ2n) is 5.82. The minimum atomic E-state index is -0.851. The van der Waals surface area contributed by atoms with E-state index < -0.39 is 12.0 Å². The number of hydrogen-bond donors (Lipinski definition) is 1. The molecule has 3 rings (SSSR count). The Morgan fingerprint density at radius 1 is 1.40 bits per heavy atom. The van der Waals surface area contributed by atoms with Gasteiger partial charge in [0.1, 0.15) is 6.04 Å². The van der Waals surface area contributed by atoms with Crippen molar-refractivity contribution in [2.75, 3.05) is 6.54 Å². The van der Waals surface area contributed by atoms with E-state index in [2.05, 4.69) is 0 Å². The molecule has 0 bridgehead atoms. The normalized spacial score (nSPS) is 28.6. The number of aliphatic carboxylic acids is 1. The van der Waals surface area contributed by atoms with Crippen LogP contribution in [-0.2, 0) is 16.0 Å². The molecule has 1 aromatic heterocycles. The molecule has 0 radical (unpaired) electrons. The number of hydrogen-bond acceptors (Lipinski definition) is 3. The number of carboxylic acids is 1. The van der Waals surface area contributed by atoms with Gasteiger partial charge in [-0.2, -0.15) is 0 Å². The van der Waals surface area contributed by atoms with Crippen LogP contribution >= 0.6 is 0 Å². The first-order chi connectivity index (χ1) is 9.66. The Bertz CT molecular complexity index is 496. The maximum atomic E-state index is 12.3. The molecule has 5 nitrogen and oxygen atoms in total. The zero-order valence-corrected chi connectivity index (χ0v) is 11.3. The van der Waals surface area contributed by atoms with E-state index in [-0.39, 0.29) is 11.8 Å². The fraction of sp³-hybridized carbons (Fsp3) is 0.600. The molecule has 1 N–H and O–H groups in total. The van der Waals surface area contributed by atoms with Crippen molar-refractivity contribution in [3.8, 4) is 0 Å². The van der Waals surface area contributed by atoms with Gasteiger partial charge in [-0.05, 0) is 42.7 Å². The number of amides is 1. The van der Waals surface area contributed by atoms with E-state index in [9.17, 15) is 14.7 Å². The van der Waals surface area contributed by atoms with Gasteiger partial charge in [-0.15, -0.1) is 0 Å². The van der Waals surface area contributed by atoms with Crippen LogP contribution in [0.25, 0.3) is 0 Å². The van der Waals surface area contributed by atoms with Gasteiger partial charge >= 0.3 is 5.97 Å². The van der Waals surface area contributed by atoms with Gasteiger partial charge in [0.2, 0.25) is 5.91 Å². The molecule has 20 heavy (non-hydrogen) atoms. The highest BCUT2D eigenvalue weighted by Gasteiger charge is 2.49. The Morgan fingerprint density at radius 3 is 2.95 bits per heavy atom. The van der Waals surface area contributed by atoms with Gasteiger partial charge in [-0.3, -0.25) is 4.79 Å². The van der Waals surface area contributed by atoms with Crippen LogP contribution in [0, 0.1) is 11.8 Å². The van der Waals surface area contributed by atoms with Gasteiger partial charge in [0.05, 0.1) is 12.5 Å². The van der Waals surface area contributed by atoms with Gasteiger partial charge in [-0.1, -0.05) is 6.42 Å². The van der Waals surface area contributed by atoms with Crippen LogP contribution in [0.5, 0.6) is 0 Å². The second-order valence-corrected chi connectivity index (χ2v) is 5.82. The molecule has 108 valence electrons. The maximum Gasteiger partial charge on any atom is 0.326 e. The third-order valence-corrected chi connectivity index (χ3v) is 4.67. The highest BCUT2D eigenvalue weighted by atomic mass is 16.4. The Morgan fingerprint density at radius 2 is 2.25 bits per heavy atom. The Hall–Kier alpha value is -1.78. The van der Waals surface area contributed by atoms with E-state index in [0.29, 0.717) is 25.3 Å². The topological polar surface area (TPSA) is 70.8 Å². The molecule has 0 unspecified atom stereocenters. The van der Waals surface area contributed by atoms with Crippen LogP contribution in [0.3, 0.4) is 0 Å². The number of furan rings is 1. The number of carboxylic acid groups (broad SMARTS) is 1. The molecule has 2 aliphatic rings. The van der Waals surface area contributed by atoms with E-state index in [1.165, 1.54) is 0 Å². The summed E-state index contributed by atoms with van der Waals surface area (Å²) in [5.41, 5.74) is 0.976. The summed E-state index contributed by atoms with van der Waals surface area (Å²) < 4.78 is 4.97. The number of nitrogens with zero attached hydrogens (tertiary/aromatic N) is 1. The highest BCUT2D eigenvalue weighted by molar-refractivity contribution is 5.85. The van der Waals surface area contributed by atoms with Crippen molar-refractivity contribution in [3.05, 3.63) is 24.2 Å². The third kappa shape index (κ3) is 2.32. The van der Waals surface area contributed by atoms with Crippen LogP contribution in [0.15, 0.2) is 23.0 Å². The summed E-state index contributed by atoms with van der Waals surface area (Å²) in [5.74, 6) is -0.358. The standard InChI is InChI=1S/C15H19NO4/c17-13(5-4-10-6-7-20-9-10)16-8-11-2-1-3-12(11)14(16)15(18)19/h6-7,9,11-12,14H,1-5,8H2,(H,18,19)/t11-,12+,14-/m0/s1. The van der Waals surface area contributed by atoms with E-state index in [1.54, 1.807) is 17.4 Å². The summed E-state index contributed by atoms with van der Waals surface area (Å²) in [5, 5.41) is 9.42. The summed E-state index contributed by atoms with van der Waals surface area (Å²) >= 11 is 0. The number of carbonyl (C=O) groups is 2. The van der Waals surface area contributed by atoms with Crippen molar-refractivity contribution >= 4 is 11.9 Å². The third-order valence-electron chi connectivity index (χ3n) is 4.67. The first-order valence-electron chi connectivity index (χ1n) is 7.20. The first kappa shape index (κ1) is 13.2. The largest absolute Gasteiger partial charge is 0.480 e. The Labute approximate surface area is 117 Å². The summed E-state index contributed by atoms with van der Waals surface area (Å²) in [6.07, 6.45) is 7.25. The van der Waals surface area contributed by atoms with Gasteiger partial charge in [0, 0.05) is 13.0 Å². The molecule has 1 saturated carbocycles. The minimum Gasteiger partial charge on any atom is -0.480 e. The molecule has 0 aromatic carbocycles. The molecule has 1 saturated heterocycles. The summed E-state index contributed by atoms with van der Waals surface area (Å²) in [6, 6.07) is 1.22. The van der Waals surface area contributed by atoms with Gasteiger partial charge < -0.3 is 14.4 Å². The lowest BCUT2D eigenvalue weighted by atomic mass is 9.94. The summed E-state index contributed by atoms with van der Waals surface area (Å²) in [6.45, 7) is 0.617. The number of fused-ring (bicyclic) bond motifs is 1. The molecule has 2 fully saturated rings. The lowest BCUT2D eigenvalue weighted by molar-refractivity contribution is -0.149. The number of carbonyl (C=O) groups excluding carboxylic acids is 1. The molecule has 2 heterocycles. The monoisotopic (exact) mass is 277 g/mol. The first-order valence-corrected chi connectivity index (χ1v) is 7.20. The average molecular weight is 277 g/mol. The predicted octanol–water partition coefficient (Wildman–Crippen LogP) is 1.92. The predicted molar refractivity (Wildman–Crippen MR) is 71.0 cm³/mol. The van der Waals surface area contributed by atoms with Crippen molar-refractivity contribution in [3.63, 3.8) is 0 Å². The fourth-order valence-corrected chi connectivity index (χ4v) is 3.71. The highest BCUT2D eigenvalue weighted by Crippen LogP contribution is 2.42. The van der Waals surface area contributed by atoms with E-state index in [4.69, 9.17) is 4.42 Å². The lowest BCUT2D eigenvalue weighted by Crippen LogP contribution is -2.43. The van der Waals surface area contributed by atoms with Crippen LogP contribution in [0.4, 0.5) is 0 Å². The van der Waals surface area contributed by atoms with Gasteiger partial charge in [0.15, 0.2) is 0 Å². The molecule has 5 heteroatoms. The SMILES string of the molecule is O=C(O)[C@@H]1[C@@H]2CCC[C@H]2CN1C(=O)CCc1ccoc1. The molecular formula is C15H19NO4. The molecule has 1 aliphatic carbocycles. The number of aryl methyl sites for hydroxylation is 1. The van der Waals surface area contributed by atoms with Gasteiger partial charge in [-0.25, -0.2) is 4.79 Å². The van der Waals surface area contributed by atoms with Crippen LogP contribution < -0.4 is 0 Å². The van der Waals surface area contributed by atoms with E-state index in [1.807, 2.05) is 6.07 Å². The average Bonchev–Trinajstić information content (AvgIpc) is 3.10. The minimum absolute atomic E-state index is 0.0481. The summed E-state index contributed by atoms with van der Waals surface area (Å²) in [7, 11) is 0. The van der Waals surface area contributed by atoms with E-state index >= 15 is 0 Å². The summed E-state index contributed by atoms with van der Waals surface area (Å²) in [4.78, 5) is 25.4. The van der Waals surface area contributed by atoms with Crippen molar-refractivity contribution < 1.29 is 19.1 Å². The van der Waals surface area contributed by atoms with Crippen LogP contribution in [-0.4, -0.2) is 34.5 Å². The second kappa shape index (κ2) is 5.31. The zero-order valence-electron chi connectivity index (χ0n) is 11.3. The van der Waals surface area contributed by atoms with Crippen molar-refractivity contribution in [2.24, 2.45) is 11.8 Å². The molecule has 1 aliphatic heterocycles. The molecule has 1 amide bonds. The van der Waals surface area contributed by atoms with Gasteiger partial charge in [0.25, 0.3) is 0 Å². The number of rotatable bonds is 4.